The molecule has 0 unspecified atom stereocenters. The van der Waals surface area contributed by atoms with Crippen LogP contribution in [0.15, 0.2) is 6.07 Å². The lowest BCUT2D eigenvalue weighted by molar-refractivity contribution is 0.400. The number of nitrogen functional groups attached to an aromatic ring is 1. The molecule has 0 bridgehead atoms. The van der Waals surface area contributed by atoms with Crippen LogP contribution in [0.4, 0.5) is 5.82 Å². The quantitative estimate of drug-likeness (QED) is 0.591. The molecule has 1 aliphatic rings. The first-order chi connectivity index (χ1) is 10.0. The average Bonchev–Trinajstić information content (AvgIpc) is 2.89. The summed E-state index contributed by atoms with van der Waals surface area (Å²) < 4.78 is 0. The number of rotatable bonds is 7. The minimum atomic E-state index is 0.123. The predicted molar refractivity (Wildman–Crippen MR) is 88.3 cm³/mol. The number of anilines is 1. The Balaban J connectivity index is 2.24. The number of amidine groups is 1. The molecule has 1 aromatic heterocycles. The minimum Gasteiger partial charge on any atom is -0.384 e. The molecule has 0 radical (unpaired) electrons. The molecule has 116 valence electrons. The van der Waals surface area contributed by atoms with Gasteiger partial charge < -0.3 is 15.5 Å². The van der Waals surface area contributed by atoms with Crippen LogP contribution in [0.5, 0.6) is 0 Å². The fourth-order valence-electron chi connectivity index (χ4n) is 2.89. The Labute approximate surface area is 127 Å². The van der Waals surface area contributed by atoms with E-state index in [1.807, 2.05) is 0 Å². The number of nitrogens with zero attached hydrogens (tertiary/aromatic N) is 3. The molecule has 0 amide bonds. The van der Waals surface area contributed by atoms with Crippen LogP contribution in [0, 0.1) is 5.41 Å². The van der Waals surface area contributed by atoms with Crippen molar-refractivity contribution in [3.05, 3.63) is 22.9 Å². The SMILES string of the molecule is CCN(CCCN(C)C)c1nc2c(cc1C(=N)N)CCC2. The molecular weight excluding hydrogens is 262 g/mol. The van der Waals surface area contributed by atoms with Crippen molar-refractivity contribution < 1.29 is 0 Å². The number of aromatic nitrogens is 1. The normalized spacial score (nSPS) is 13.5. The topological polar surface area (TPSA) is 69.2 Å². The Morgan fingerprint density at radius 3 is 2.71 bits per heavy atom. The molecule has 21 heavy (non-hydrogen) atoms. The maximum absolute atomic E-state index is 7.86. The number of nitrogens with one attached hydrogen (secondary N) is 1. The first kappa shape index (κ1) is 15.8. The van der Waals surface area contributed by atoms with E-state index >= 15 is 0 Å². The molecule has 1 heterocycles. The second-order valence-electron chi connectivity index (χ2n) is 5.97. The molecule has 0 saturated heterocycles. The van der Waals surface area contributed by atoms with Crippen molar-refractivity contribution in [2.24, 2.45) is 5.73 Å². The van der Waals surface area contributed by atoms with Gasteiger partial charge >= 0.3 is 0 Å². The van der Waals surface area contributed by atoms with Crippen LogP contribution in [-0.4, -0.2) is 49.4 Å². The van der Waals surface area contributed by atoms with E-state index < -0.39 is 0 Å². The molecule has 2 rings (SSSR count). The van der Waals surface area contributed by atoms with E-state index in [9.17, 15) is 0 Å². The average molecular weight is 289 g/mol. The number of fused-ring (bicyclic) bond motifs is 1. The fourth-order valence-corrected chi connectivity index (χ4v) is 2.89. The first-order valence-corrected chi connectivity index (χ1v) is 7.79. The van der Waals surface area contributed by atoms with E-state index in [-0.39, 0.29) is 5.84 Å². The number of pyridine rings is 1. The smallest absolute Gasteiger partial charge is 0.139 e. The van der Waals surface area contributed by atoms with Crippen molar-refractivity contribution in [2.45, 2.75) is 32.6 Å². The lowest BCUT2D eigenvalue weighted by atomic mass is 10.1. The van der Waals surface area contributed by atoms with E-state index in [0.717, 1.165) is 56.7 Å². The highest BCUT2D eigenvalue weighted by molar-refractivity contribution is 5.99. The lowest BCUT2D eigenvalue weighted by Gasteiger charge is -2.25. The lowest BCUT2D eigenvalue weighted by Crippen LogP contribution is -2.30. The first-order valence-electron chi connectivity index (χ1n) is 7.79. The van der Waals surface area contributed by atoms with Gasteiger partial charge in [-0.05, 0) is 64.9 Å². The second-order valence-corrected chi connectivity index (χ2v) is 5.97. The van der Waals surface area contributed by atoms with Crippen molar-refractivity contribution >= 4 is 11.7 Å². The van der Waals surface area contributed by atoms with Gasteiger partial charge in [-0.2, -0.15) is 0 Å². The van der Waals surface area contributed by atoms with Gasteiger partial charge in [-0.1, -0.05) is 0 Å². The monoisotopic (exact) mass is 289 g/mol. The fraction of sp³-hybridized carbons (Fsp3) is 0.625. The zero-order valence-corrected chi connectivity index (χ0v) is 13.4. The Kier molecular flexibility index (Phi) is 5.17. The highest BCUT2D eigenvalue weighted by Crippen LogP contribution is 2.27. The summed E-state index contributed by atoms with van der Waals surface area (Å²) in [5, 5.41) is 7.86. The van der Waals surface area contributed by atoms with Crippen molar-refractivity contribution in [1.29, 1.82) is 5.41 Å². The van der Waals surface area contributed by atoms with Crippen LogP contribution in [0.25, 0.3) is 0 Å². The molecule has 3 N–H and O–H groups in total. The van der Waals surface area contributed by atoms with Gasteiger partial charge in [0.2, 0.25) is 0 Å². The molecule has 0 fully saturated rings. The summed E-state index contributed by atoms with van der Waals surface area (Å²) in [5.74, 6) is 1.02. The zero-order valence-electron chi connectivity index (χ0n) is 13.4. The third-order valence-electron chi connectivity index (χ3n) is 4.04. The maximum Gasteiger partial charge on any atom is 0.139 e. The molecule has 0 aliphatic heterocycles. The van der Waals surface area contributed by atoms with Gasteiger partial charge in [0.05, 0.1) is 5.56 Å². The standard InChI is InChI=1S/C16H27N5/c1-4-21(10-6-9-20(2)3)16-13(15(17)18)11-12-7-5-8-14(12)19-16/h11H,4-10H2,1-3H3,(H3,17,18). The van der Waals surface area contributed by atoms with E-state index in [2.05, 4.69) is 36.9 Å². The van der Waals surface area contributed by atoms with Crippen molar-refractivity contribution in [2.75, 3.05) is 38.6 Å². The van der Waals surface area contributed by atoms with Gasteiger partial charge in [0, 0.05) is 18.8 Å². The molecule has 5 nitrogen and oxygen atoms in total. The van der Waals surface area contributed by atoms with Crippen molar-refractivity contribution in [1.82, 2.24) is 9.88 Å². The Bertz CT molecular complexity index is 510. The largest absolute Gasteiger partial charge is 0.384 e. The van der Waals surface area contributed by atoms with Crippen molar-refractivity contribution in [3.63, 3.8) is 0 Å². The molecule has 0 atom stereocenters. The van der Waals surface area contributed by atoms with Crippen LogP contribution in [-0.2, 0) is 12.8 Å². The van der Waals surface area contributed by atoms with Gasteiger partial charge in [-0.3, -0.25) is 5.41 Å². The van der Waals surface area contributed by atoms with E-state index in [1.165, 1.54) is 11.3 Å². The molecule has 0 saturated carbocycles. The molecule has 1 aromatic rings. The van der Waals surface area contributed by atoms with Gasteiger partial charge in [-0.15, -0.1) is 0 Å². The summed E-state index contributed by atoms with van der Waals surface area (Å²) in [6.07, 6.45) is 4.36. The minimum absolute atomic E-state index is 0.123. The van der Waals surface area contributed by atoms with E-state index in [0.29, 0.717) is 0 Å². The third kappa shape index (κ3) is 3.73. The van der Waals surface area contributed by atoms with Gasteiger partial charge in [0.1, 0.15) is 11.7 Å². The molecular formula is C16H27N5. The van der Waals surface area contributed by atoms with Crippen LogP contribution in [0.3, 0.4) is 0 Å². The highest BCUT2D eigenvalue weighted by Gasteiger charge is 2.20. The van der Waals surface area contributed by atoms with Gasteiger partial charge in [0.15, 0.2) is 0 Å². The van der Waals surface area contributed by atoms with Crippen LogP contribution in [0.2, 0.25) is 0 Å². The van der Waals surface area contributed by atoms with Gasteiger partial charge in [0.25, 0.3) is 0 Å². The summed E-state index contributed by atoms with van der Waals surface area (Å²) in [7, 11) is 4.18. The summed E-state index contributed by atoms with van der Waals surface area (Å²) in [5.41, 5.74) is 9.05. The van der Waals surface area contributed by atoms with Gasteiger partial charge in [-0.25, -0.2) is 4.98 Å². The van der Waals surface area contributed by atoms with Crippen LogP contribution in [0.1, 0.15) is 36.6 Å². The molecule has 5 heteroatoms. The molecule has 1 aliphatic carbocycles. The summed E-state index contributed by atoms with van der Waals surface area (Å²) in [6.45, 7) is 5.02. The highest BCUT2D eigenvalue weighted by atomic mass is 15.2. The summed E-state index contributed by atoms with van der Waals surface area (Å²) in [6, 6.07) is 2.08. The van der Waals surface area contributed by atoms with Crippen LogP contribution >= 0.6 is 0 Å². The number of aryl methyl sites for hydroxylation is 2. The Hall–Kier alpha value is -1.62. The number of nitrogens with two attached hydrogens (primary N) is 1. The third-order valence-corrected chi connectivity index (χ3v) is 4.04. The number of hydrogen-bond donors (Lipinski definition) is 2. The van der Waals surface area contributed by atoms with E-state index in [1.54, 1.807) is 0 Å². The Morgan fingerprint density at radius 2 is 2.10 bits per heavy atom. The summed E-state index contributed by atoms with van der Waals surface area (Å²) >= 11 is 0. The number of hydrogen-bond acceptors (Lipinski definition) is 4. The predicted octanol–water partition coefficient (Wildman–Crippen LogP) is 1.63. The van der Waals surface area contributed by atoms with Crippen LogP contribution < -0.4 is 10.6 Å². The molecule has 0 aromatic carbocycles. The second kappa shape index (κ2) is 6.89. The molecule has 0 spiro atoms. The Morgan fingerprint density at radius 1 is 1.33 bits per heavy atom. The van der Waals surface area contributed by atoms with Crippen molar-refractivity contribution in [3.8, 4) is 0 Å². The summed E-state index contributed by atoms with van der Waals surface area (Å²) in [4.78, 5) is 9.27. The zero-order chi connectivity index (χ0) is 15.4. The maximum atomic E-state index is 7.86. The van der Waals surface area contributed by atoms with E-state index in [4.69, 9.17) is 16.1 Å².